The Balaban J connectivity index is 0.00000200. The molecule has 112 valence electrons. The predicted molar refractivity (Wildman–Crippen MR) is 87.6 cm³/mol. The van der Waals surface area contributed by atoms with Gasteiger partial charge in [-0.2, -0.15) is 0 Å². The molecule has 1 N–H and O–H groups in total. The first-order valence-corrected chi connectivity index (χ1v) is 7.03. The zero-order valence-corrected chi connectivity index (χ0v) is 13.4. The van der Waals surface area contributed by atoms with Crippen LogP contribution in [0.2, 0.25) is 0 Å². The van der Waals surface area contributed by atoms with Crippen LogP contribution >= 0.6 is 12.4 Å². The molecule has 0 amide bonds. The normalized spacial score (nSPS) is 11.0. The van der Waals surface area contributed by atoms with Gasteiger partial charge in [0.1, 0.15) is 0 Å². The molecule has 0 aliphatic carbocycles. The number of para-hydroxylation sites is 1. The third-order valence-corrected chi connectivity index (χ3v) is 3.24. The van der Waals surface area contributed by atoms with Crippen molar-refractivity contribution in [3.63, 3.8) is 0 Å². The Morgan fingerprint density at radius 1 is 1.25 bits per heavy atom. The smallest absolute Gasteiger partial charge is 0.0518 e. The monoisotopic (exact) mass is 296 g/mol. The first-order valence-electron chi connectivity index (χ1n) is 7.03. The largest absolute Gasteiger partial charge is 0.379 e. The Labute approximate surface area is 127 Å². The second-order valence-electron chi connectivity index (χ2n) is 5.23. The molecule has 4 heteroatoms. The van der Waals surface area contributed by atoms with Crippen molar-refractivity contribution in [1.82, 2.24) is 9.88 Å². The first-order chi connectivity index (χ1) is 9.18. The summed E-state index contributed by atoms with van der Waals surface area (Å²) in [4.78, 5) is 0. The molecule has 1 heterocycles. The lowest BCUT2D eigenvalue weighted by Crippen LogP contribution is -2.17. The number of hydrogen-bond acceptors (Lipinski definition) is 2. The fraction of sp³-hybridized carbons (Fsp3) is 0.500. The van der Waals surface area contributed by atoms with E-state index in [1.165, 1.54) is 16.5 Å². The maximum Gasteiger partial charge on any atom is 0.0518 e. The Kier molecular flexibility index (Phi) is 7.06. The minimum absolute atomic E-state index is 0. The van der Waals surface area contributed by atoms with Crippen LogP contribution in [0.1, 0.15) is 25.8 Å². The highest BCUT2D eigenvalue weighted by Crippen LogP contribution is 2.19. The quantitative estimate of drug-likeness (QED) is 0.792. The molecular formula is C16H25ClN2O. The van der Waals surface area contributed by atoms with E-state index in [0.29, 0.717) is 6.10 Å². The Bertz CT molecular complexity index is 522. The van der Waals surface area contributed by atoms with Gasteiger partial charge >= 0.3 is 0 Å². The maximum atomic E-state index is 5.52. The average molecular weight is 297 g/mol. The van der Waals surface area contributed by atoms with Crippen LogP contribution in [0, 0.1) is 0 Å². The number of benzene rings is 1. The van der Waals surface area contributed by atoms with Gasteiger partial charge in [-0.25, -0.2) is 0 Å². The van der Waals surface area contributed by atoms with Gasteiger partial charge in [0.15, 0.2) is 0 Å². The van der Waals surface area contributed by atoms with Gasteiger partial charge in [0.2, 0.25) is 0 Å². The molecule has 0 fully saturated rings. The van der Waals surface area contributed by atoms with E-state index in [1.54, 1.807) is 0 Å². The van der Waals surface area contributed by atoms with Crippen LogP contribution < -0.4 is 5.32 Å². The molecule has 20 heavy (non-hydrogen) atoms. The van der Waals surface area contributed by atoms with Gasteiger partial charge in [-0.05, 0) is 38.4 Å². The first kappa shape index (κ1) is 17.0. The van der Waals surface area contributed by atoms with Crippen LogP contribution in [-0.4, -0.2) is 23.8 Å². The van der Waals surface area contributed by atoms with E-state index in [-0.39, 0.29) is 12.4 Å². The van der Waals surface area contributed by atoms with Gasteiger partial charge in [-0.1, -0.05) is 18.2 Å². The van der Waals surface area contributed by atoms with Crippen LogP contribution in [0.5, 0.6) is 0 Å². The van der Waals surface area contributed by atoms with Gasteiger partial charge in [-0.15, -0.1) is 12.4 Å². The molecule has 0 saturated carbocycles. The summed E-state index contributed by atoms with van der Waals surface area (Å²) in [7, 11) is 2.10. The maximum absolute atomic E-state index is 5.52. The summed E-state index contributed by atoms with van der Waals surface area (Å²) in [5.41, 5.74) is 2.66. The van der Waals surface area contributed by atoms with E-state index in [4.69, 9.17) is 4.74 Å². The molecule has 0 bridgehead atoms. The summed E-state index contributed by atoms with van der Waals surface area (Å²) in [6, 6.07) is 8.54. The lowest BCUT2D eigenvalue weighted by atomic mass is 10.2. The molecule has 0 radical (unpaired) electrons. The van der Waals surface area contributed by atoms with Crippen LogP contribution in [0.3, 0.4) is 0 Å². The molecule has 2 aromatic rings. The van der Waals surface area contributed by atoms with E-state index in [9.17, 15) is 0 Å². The molecule has 1 aromatic carbocycles. The number of rotatable bonds is 7. The van der Waals surface area contributed by atoms with Crippen molar-refractivity contribution in [2.45, 2.75) is 32.9 Å². The minimum Gasteiger partial charge on any atom is -0.379 e. The topological polar surface area (TPSA) is 26.2 Å². The Hall–Kier alpha value is -1.03. The third kappa shape index (κ3) is 4.51. The summed E-state index contributed by atoms with van der Waals surface area (Å²) in [6.07, 6.45) is 3.60. The number of nitrogens with zero attached hydrogens (tertiary/aromatic N) is 1. The number of ether oxygens (including phenoxy) is 1. The Morgan fingerprint density at radius 3 is 2.75 bits per heavy atom. The highest BCUT2D eigenvalue weighted by Gasteiger charge is 2.04. The van der Waals surface area contributed by atoms with E-state index in [2.05, 4.69) is 61.2 Å². The lowest BCUT2D eigenvalue weighted by molar-refractivity contribution is 0.0770. The summed E-state index contributed by atoms with van der Waals surface area (Å²) in [5, 5.41) is 4.83. The molecule has 0 unspecified atom stereocenters. The van der Waals surface area contributed by atoms with Crippen molar-refractivity contribution in [1.29, 1.82) is 0 Å². The van der Waals surface area contributed by atoms with E-state index < -0.39 is 0 Å². The molecule has 0 aliphatic heterocycles. The summed E-state index contributed by atoms with van der Waals surface area (Å²) < 4.78 is 7.71. The number of aromatic nitrogens is 1. The highest BCUT2D eigenvalue weighted by molar-refractivity contribution is 5.85. The van der Waals surface area contributed by atoms with Crippen molar-refractivity contribution >= 4 is 23.3 Å². The highest BCUT2D eigenvalue weighted by atomic mass is 35.5. The summed E-state index contributed by atoms with van der Waals surface area (Å²) >= 11 is 0. The standard InChI is InChI=1S/C16H24N2O.ClH/c1-13(2)19-10-6-9-17-11-14-12-18(3)16-8-5-4-7-15(14)16;/h4-5,7-8,12-13,17H,6,9-11H2,1-3H3;1H. The van der Waals surface area contributed by atoms with Crippen molar-refractivity contribution in [3.05, 3.63) is 36.0 Å². The SMILES string of the molecule is CC(C)OCCCNCc1cn(C)c2ccccc12.Cl. The zero-order chi connectivity index (χ0) is 13.7. The number of hydrogen-bond donors (Lipinski definition) is 1. The van der Waals surface area contributed by atoms with Crippen LogP contribution in [-0.2, 0) is 18.3 Å². The van der Waals surface area contributed by atoms with Gasteiger partial charge in [0, 0.05) is 37.3 Å². The van der Waals surface area contributed by atoms with E-state index in [0.717, 1.165) is 26.1 Å². The molecule has 1 aromatic heterocycles. The van der Waals surface area contributed by atoms with E-state index >= 15 is 0 Å². The third-order valence-electron chi connectivity index (χ3n) is 3.24. The molecule has 0 spiro atoms. The van der Waals surface area contributed by atoms with Crippen molar-refractivity contribution < 1.29 is 4.74 Å². The predicted octanol–water partition coefficient (Wildman–Crippen LogP) is 3.50. The summed E-state index contributed by atoms with van der Waals surface area (Å²) in [5.74, 6) is 0. The van der Waals surface area contributed by atoms with Gasteiger partial charge < -0.3 is 14.6 Å². The van der Waals surface area contributed by atoms with Crippen molar-refractivity contribution in [2.24, 2.45) is 7.05 Å². The molecule has 0 aliphatic rings. The molecule has 3 nitrogen and oxygen atoms in total. The number of fused-ring (bicyclic) bond motifs is 1. The molecule has 2 rings (SSSR count). The van der Waals surface area contributed by atoms with E-state index in [1.807, 2.05) is 0 Å². The second kappa shape index (κ2) is 8.30. The second-order valence-corrected chi connectivity index (χ2v) is 5.23. The molecule has 0 atom stereocenters. The van der Waals surface area contributed by atoms with Gasteiger partial charge in [-0.3, -0.25) is 0 Å². The minimum atomic E-state index is 0. The zero-order valence-electron chi connectivity index (χ0n) is 12.6. The van der Waals surface area contributed by atoms with Crippen molar-refractivity contribution in [3.8, 4) is 0 Å². The Morgan fingerprint density at radius 2 is 2.00 bits per heavy atom. The lowest BCUT2D eigenvalue weighted by Gasteiger charge is -2.07. The molecular weight excluding hydrogens is 272 g/mol. The van der Waals surface area contributed by atoms with Gasteiger partial charge in [0.05, 0.1) is 6.10 Å². The van der Waals surface area contributed by atoms with Crippen LogP contribution in [0.15, 0.2) is 30.5 Å². The van der Waals surface area contributed by atoms with Crippen LogP contribution in [0.25, 0.3) is 10.9 Å². The fourth-order valence-electron chi connectivity index (χ4n) is 2.31. The number of nitrogens with one attached hydrogen (secondary N) is 1. The average Bonchev–Trinajstić information content (AvgIpc) is 2.71. The number of halogens is 1. The van der Waals surface area contributed by atoms with Crippen LogP contribution in [0.4, 0.5) is 0 Å². The summed E-state index contributed by atoms with van der Waals surface area (Å²) in [6.45, 7) is 6.90. The van der Waals surface area contributed by atoms with Gasteiger partial charge in [0.25, 0.3) is 0 Å². The fourth-order valence-corrected chi connectivity index (χ4v) is 2.31. The number of aryl methyl sites for hydroxylation is 1. The van der Waals surface area contributed by atoms with Crippen molar-refractivity contribution in [2.75, 3.05) is 13.2 Å². The molecule has 0 saturated heterocycles.